The van der Waals surface area contributed by atoms with Crippen LogP contribution in [0.4, 0.5) is 0 Å². The van der Waals surface area contributed by atoms with Gasteiger partial charge in [-0.25, -0.2) is 4.79 Å². The topological polar surface area (TPSA) is 90.5 Å². The Morgan fingerprint density at radius 2 is 1.53 bits per heavy atom. The lowest BCUT2D eigenvalue weighted by Gasteiger charge is -2.23. The van der Waals surface area contributed by atoms with Crippen LogP contribution in [0.1, 0.15) is 26.3 Å². The molecule has 0 atom stereocenters. The van der Waals surface area contributed by atoms with E-state index < -0.39 is 5.63 Å². The van der Waals surface area contributed by atoms with Gasteiger partial charge in [-0.15, -0.1) is 0 Å². The molecule has 6 rings (SSSR count). The molecule has 0 spiro atoms. The maximum absolute atomic E-state index is 13.9. The highest BCUT2D eigenvalue weighted by molar-refractivity contribution is 6.17. The zero-order valence-corrected chi connectivity index (χ0v) is 25.5. The van der Waals surface area contributed by atoms with Gasteiger partial charge < -0.3 is 37.4 Å². The molecule has 0 bridgehead atoms. The molecular weight excluding hydrogens is 550 g/mol. The number of aromatic nitrogens is 1. The second-order valence-electron chi connectivity index (χ2n) is 10.6. The van der Waals surface area contributed by atoms with E-state index in [4.69, 9.17) is 32.8 Å². The van der Waals surface area contributed by atoms with Gasteiger partial charge in [0.25, 0.3) is 0 Å². The zero-order valence-electron chi connectivity index (χ0n) is 25.5. The number of hydrogen-bond acceptors (Lipinski definition) is 8. The molecule has 9 heteroatoms. The van der Waals surface area contributed by atoms with Crippen molar-refractivity contribution in [2.75, 3.05) is 35.0 Å². The monoisotopic (exact) mass is 585 g/mol. The minimum Gasteiger partial charge on any atom is -0.493 e. The van der Waals surface area contributed by atoms with Crippen molar-refractivity contribution in [3.05, 3.63) is 58.4 Å². The fraction of sp³-hybridized carbons (Fsp3) is 0.324. The third-order valence-corrected chi connectivity index (χ3v) is 7.78. The molecule has 3 heterocycles. The molecule has 0 saturated heterocycles. The van der Waals surface area contributed by atoms with E-state index in [0.717, 1.165) is 38.7 Å². The number of aryl methyl sites for hydroxylation is 2. The molecule has 9 nitrogen and oxygen atoms in total. The summed E-state index contributed by atoms with van der Waals surface area (Å²) in [6.07, 6.45) is 0.597. The Morgan fingerprint density at radius 3 is 2.21 bits per heavy atom. The molecule has 3 aromatic carbocycles. The summed E-state index contributed by atoms with van der Waals surface area (Å²) in [7, 11) is 6.46. The van der Waals surface area contributed by atoms with E-state index in [1.54, 1.807) is 34.5 Å². The highest BCUT2D eigenvalue weighted by atomic mass is 16.5. The molecule has 43 heavy (non-hydrogen) atoms. The lowest BCUT2D eigenvalue weighted by Crippen LogP contribution is -2.15. The molecule has 5 aromatic rings. The van der Waals surface area contributed by atoms with Gasteiger partial charge in [-0.05, 0) is 68.7 Å². The Bertz CT molecular complexity index is 1920. The standard InChI is InChI=1S/C34H35NO8/c1-8-41-28-14-20(9-10-23(28)37-4)30-31-22-16-27(40-7)29(42-18(2)3)17-24(22)43-34(36)33(31)35-12-11-19-13-25(38-5)26(39-6)15-21(19)32(30)35/h9-10,13-18H,8,11-12H2,1-7H3. The minimum atomic E-state index is -0.432. The van der Waals surface area contributed by atoms with E-state index in [2.05, 4.69) is 4.57 Å². The van der Waals surface area contributed by atoms with E-state index in [-0.39, 0.29) is 6.10 Å². The molecule has 2 aromatic heterocycles. The fourth-order valence-corrected chi connectivity index (χ4v) is 6.03. The Balaban J connectivity index is 1.79. The first-order valence-electron chi connectivity index (χ1n) is 14.3. The van der Waals surface area contributed by atoms with E-state index in [0.29, 0.717) is 65.2 Å². The van der Waals surface area contributed by atoms with Crippen molar-refractivity contribution in [2.45, 2.75) is 39.8 Å². The zero-order chi connectivity index (χ0) is 30.4. The highest BCUT2D eigenvalue weighted by Crippen LogP contribution is 2.50. The van der Waals surface area contributed by atoms with Crippen LogP contribution in [0.5, 0.6) is 34.5 Å². The number of rotatable bonds is 9. The van der Waals surface area contributed by atoms with E-state index >= 15 is 0 Å². The van der Waals surface area contributed by atoms with Crippen molar-refractivity contribution in [1.82, 2.24) is 4.57 Å². The van der Waals surface area contributed by atoms with Crippen LogP contribution in [0.2, 0.25) is 0 Å². The molecule has 0 unspecified atom stereocenters. The van der Waals surface area contributed by atoms with E-state index in [9.17, 15) is 4.79 Å². The van der Waals surface area contributed by atoms with Crippen LogP contribution in [0, 0.1) is 0 Å². The van der Waals surface area contributed by atoms with Gasteiger partial charge in [0.15, 0.2) is 34.5 Å². The minimum absolute atomic E-state index is 0.0982. The van der Waals surface area contributed by atoms with Crippen molar-refractivity contribution in [3.8, 4) is 56.9 Å². The first-order valence-corrected chi connectivity index (χ1v) is 14.3. The number of nitrogens with zero attached hydrogens (tertiary/aromatic N) is 1. The van der Waals surface area contributed by atoms with Crippen LogP contribution < -0.4 is 34.0 Å². The van der Waals surface area contributed by atoms with Crippen molar-refractivity contribution < 1.29 is 32.8 Å². The average molecular weight is 586 g/mol. The Morgan fingerprint density at radius 1 is 0.837 bits per heavy atom. The van der Waals surface area contributed by atoms with Gasteiger partial charge >= 0.3 is 5.63 Å². The number of benzene rings is 3. The molecule has 0 N–H and O–H groups in total. The maximum Gasteiger partial charge on any atom is 0.361 e. The number of fused-ring (bicyclic) bond motifs is 7. The van der Waals surface area contributed by atoms with Gasteiger partial charge in [-0.2, -0.15) is 0 Å². The molecule has 0 amide bonds. The predicted octanol–water partition coefficient (Wildman–Crippen LogP) is 6.86. The first kappa shape index (κ1) is 28.3. The SMILES string of the molecule is CCOc1cc(-c2c3n(c4c(=O)oc5cc(OC(C)C)c(OC)cc5c24)CCc2cc(OC)c(OC)cc2-3)ccc1OC. The van der Waals surface area contributed by atoms with Gasteiger partial charge in [0.1, 0.15) is 11.1 Å². The summed E-state index contributed by atoms with van der Waals surface area (Å²) in [5, 5.41) is 1.49. The first-order chi connectivity index (χ1) is 20.8. The average Bonchev–Trinajstić information content (AvgIpc) is 3.36. The summed E-state index contributed by atoms with van der Waals surface area (Å²) < 4.78 is 42.7. The summed E-state index contributed by atoms with van der Waals surface area (Å²) >= 11 is 0. The third-order valence-electron chi connectivity index (χ3n) is 7.78. The summed E-state index contributed by atoms with van der Waals surface area (Å²) in [6, 6.07) is 13.4. The molecule has 0 saturated carbocycles. The smallest absolute Gasteiger partial charge is 0.361 e. The van der Waals surface area contributed by atoms with E-state index in [1.165, 1.54) is 0 Å². The van der Waals surface area contributed by atoms with Crippen LogP contribution in [-0.4, -0.2) is 45.7 Å². The third kappa shape index (κ3) is 4.59. The largest absolute Gasteiger partial charge is 0.493 e. The predicted molar refractivity (Wildman–Crippen MR) is 166 cm³/mol. The summed E-state index contributed by atoms with van der Waals surface area (Å²) in [4.78, 5) is 13.9. The van der Waals surface area contributed by atoms with Gasteiger partial charge in [0.2, 0.25) is 0 Å². The Labute approximate surface area is 249 Å². The summed E-state index contributed by atoms with van der Waals surface area (Å²) in [6.45, 7) is 6.84. The van der Waals surface area contributed by atoms with Crippen LogP contribution >= 0.6 is 0 Å². The molecular formula is C34H35NO8. The van der Waals surface area contributed by atoms with Crippen molar-refractivity contribution in [2.24, 2.45) is 0 Å². The van der Waals surface area contributed by atoms with Gasteiger partial charge in [-0.3, -0.25) is 0 Å². The molecule has 224 valence electrons. The second-order valence-corrected chi connectivity index (χ2v) is 10.6. The van der Waals surface area contributed by atoms with Gasteiger partial charge in [0, 0.05) is 34.5 Å². The molecule has 0 fully saturated rings. The van der Waals surface area contributed by atoms with Crippen LogP contribution in [0.15, 0.2) is 51.7 Å². The Kier molecular flexibility index (Phi) is 7.33. The summed E-state index contributed by atoms with van der Waals surface area (Å²) in [5.41, 5.74) is 5.10. The van der Waals surface area contributed by atoms with Crippen LogP contribution in [0.3, 0.4) is 0 Å². The number of methoxy groups -OCH3 is 4. The van der Waals surface area contributed by atoms with Crippen molar-refractivity contribution >= 4 is 21.9 Å². The van der Waals surface area contributed by atoms with Gasteiger partial charge in [0.05, 0.1) is 46.8 Å². The number of ether oxygens (including phenoxy) is 6. The lowest BCUT2D eigenvalue weighted by molar-refractivity contribution is 0.230. The fourth-order valence-electron chi connectivity index (χ4n) is 6.03. The summed E-state index contributed by atoms with van der Waals surface area (Å²) in [5.74, 6) is 3.53. The van der Waals surface area contributed by atoms with Gasteiger partial charge in [-0.1, -0.05) is 6.07 Å². The van der Waals surface area contributed by atoms with Crippen molar-refractivity contribution in [1.29, 1.82) is 0 Å². The van der Waals surface area contributed by atoms with Crippen LogP contribution in [0.25, 0.3) is 44.3 Å². The highest BCUT2D eigenvalue weighted by Gasteiger charge is 2.31. The Hall–Kier alpha value is -4.79. The molecule has 1 aliphatic rings. The molecule has 0 radical (unpaired) electrons. The van der Waals surface area contributed by atoms with Crippen molar-refractivity contribution in [3.63, 3.8) is 0 Å². The van der Waals surface area contributed by atoms with Crippen LogP contribution in [-0.2, 0) is 13.0 Å². The second kappa shape index (κ2) is 11.1. The number of hydrogen-bond donors (Lipinski definition) is 0. The quantitative estimate of drug-likeness (QED) is 0.173. The molecule has 0 aliphatic carbocycles. The maximum atomic E-state index is 13.9. The normalized spacial score (nSPS) is 12.3. The lowest BCUT2D eigenvalue weighted by atomic mass is 9.91. The molecule has 1 aliphatic heterocycles. The van der Waals surface area contributed by atoms with E-state index in [1.807, 2.05) is 57.2 Å².